The van der Waals surface area contributed by atoms with Gasteiger partial charge in [0, 0.05) is 10.9 Å². The predicted molar refractivity (Wildman–Crippen MR) is 48.0 cm³/mol. The van der Waals surface area contributed by atoms with Gasteiger partial charge in [0.15, 0.2) is 0 Å². The first kappa shape index (κ1) is 9.36. The maximum absolute atomic E-state index is 10.5. The third kappa shape index (κ3) is 1.90. The molecule has 0 aromatic heterocycles. The van der Waals surface area contributed by atoms with Gasteiger partial charge in [-0.15, -0.1) is 11.6 Å². The van der Waals surface area contributed by atoms with Crippen LogP contribution in [0.15, 0.2) is 18.2 Å². The first-order chi connectivity index (χ1) is 5.65. The van der Waals surface area contributed by atoms with Crippen LogP contribution >= 0.6 is 23.2 Å². The molecule has 0 aliphatic heterocycles. The van der Waals surface area contributed by atoms with E-state index in [1.165, 1.54) is 18.2 Å². The van der Waals surface area contributed by atoms with Crippen LogP contribution in [0.25, 0.3) is 0 Å². The average Bonchev–Trinajstić information content (AvgIpc) is 2.05. The fourth-order valence-corrected chi connectivity index (χ4v) is 1.28. The Morgan fingerprint density at radius 3 is 2.67 bits per heavy atom. The molecule has 0 aliphatic carbocycles. The van der Waals surface area contributed by atoms with Gasteiger partial charge >= 0.3 is 5.97 Å². The number of carbonyl (C=O) groups is 1. The predicted octanol–water partition coefficient (Wildman–Crippen LogP) is 2.78. The summed E-state index contributed by atoms with van der Waals surface area (Å²) in [5.41, 5.74) is 0.841. The van der Waals surface area contributed by atoms with Crippen LogP contribution in [0.4, 0.5) is 0 Å². The summed E-state index contributed by atoms with van der Waals surface area (Å²) in [5.74, 6) is -0.752. The van der Waals surface area contributed by atoms with E-state index in [4.69, 9.17) is 28.3 Å². The van der Waals surface area contributed by atoms with Gasteiger partial charge in [-0.2, -0.15) is 0 Å². The number of hydrogen-bond donors (Lipinski definition) is 1. The molecule has 0 atom stereocenters. The van der Waals surface area contributed by atoms with Crippen LogP contribution in [0.2, 0.25) is 5.02 Å². The topological polar surface area (TPSA) is 37.3 Å². The zero-order chi connectivity index (χ0) is 9.14. The molecule has 0 saturated carbocycles. The van der Waals surface area contributed by atoms with Crippen LogP contribution in [0.1, 0.15) is 15.9 Å². The highest BCUT2D eigenvalue weighted by Gasteiger charge is 2.05. The number of benzene rings is 1. The third-order valence-corrected chi connectivity index (χ3v) is 2.09. The molecule has 1 aromatic carbocycles. The van der Waals surface area contributed by atoms with Gasteiger partial charge in [-0.3, -0.25) is 0 Å². The SMILES string of the molecule is O=C(O)c1ccc(Cl)c(CCl)c1. The summed E-state index contributed by atoms with van der Waals surface area (Å²) in [4.78, 5) is 10.5. The number of aromatic carboxylic acids is 1. The second-order valence-electron chi connectivity index (χ2n) is 2.24. The second kappa shape index (κ2) is 3.78. The molecule has 12 heavy (non-hydrogen) atoms. The van der Waals surface area contributed by atoms with Crippen molar-refractivity contribution in [3.05, 3.63) is 34.3 Å². The Labute approximate surface area is 79.7 Å². The minimum atomic E-state index is -0.974. The molecule has 0 fully saturated rings. The van der Waals surface area contributed by atoms with Crippen LogP contribution in [-0.4, -0.2) is 11.1 Å². The van der Waals surface area contributed by atoms with E-state index >= 15 is 0 Å². The van der Waals surface area contributed by atoms with Crippen molar-refractivity contribution in [2.45, 2.75) is 5.88 Å². The van der Waals surface area contributed by atoms with Gasteiger partial charge in [0.05, 0.1) is 5.56 Å². The summed E-state index contributed by atoms with van der Waals surface area (Å²) in [6, 6.07) is 4.45. The van der Waals surface area contributed by atoms with Crippen molar-refractivity contribution in [2.24, 2.45) is 0 Å². The largest absolute Gasteiger partial charge is 0.478 e. The van der Waals surface area contributed by atoms with Crippen molar-refractivity contribution in [1.82, 2.24) is 0 Å². The maximum Gasteiger partial charge on any atom is 0.335 e. The second-order valence-corrected chi connectivity index (χ2v) is 2.92. The van der Waals surface area contributed by atoms with Gasteiger partial charge in [0.2, 0.25) is 0 Å². The lowest BCUT2D eigenvalue weighted by atomic mass is 10.1. The number of alkyl halides is 1. The molecule has 0 unspecified atom stereocenters. The van der Waals surface area contributed by atoms with Crippen LogP contribution in [0.3, 0.4) is 0 Å². The molecular weight excluding hydrogens is 199 g/mol. The lowest BCUT2D eigenvalue weighted by Gasteiger charge is -2.00. The summed E-state index contributed by atoms with van der Waals surface area (Å²) >= 11 is 11.3. The van der Waals surface area contributed by atoms with Gasteiger partial charge in [0.1, 0.15) is 0 Å². The van der Waals surface area contributed by atoms with Crippen molar-refractivity contribution in [3.63, 3.8) is 0 Å². The van der Waals surface area contributed by atoms with Crippen LogP contribution in [0, 0.1) is 0 Å². The zero-order valence-corrected chi connectivity index (χ0v) is 7.56. The summed E-state index contributed by atoms with van der Waals surface area (Å²) in [7, 11) is 0. The van der Waals surface area contributed by atoms with E-state index in [1.54, 1.807) is 0 Å². The van der Waals surface area contributed by atoms with E-state index in [9.17, 15) is 4.79 Å². The first-order valence-electron chi connectivity index (χ1n) is 3.23. The van der Waals surface area contributed by atoms with Crippen molar-refractivity contribution >= 4 is 29.2 Å². The Morgan fingerprint density at radius 2 is 2.17 bits per heavy atom. The Kier molecular flexibility index (Phi) is 2.95. The molecule has 0 amide bonds. The molecule has 0 radical (unpaired) electrons. The minimum absolute atomic E-state index is 0.204. The van der Waals surface area contributed by atoms with Crippen molar-refractivity contribution in [3.8, 4) is 0 Å². The monoisotopic (exact) mass is 204 g/mol. The van der Waals surface area contributed by atoms with Gasteiger partial charge in [-0.05, 0) is 23.8 Å². The first-order valence-corrected chi connectivity index (χ1v) is 4.14. The highest BCUT2D eigenvalue weighted by molar-refractivity contribution is 6.32. The fourth-order valence-electron chi connectivity index (χ4n) is 0.810. The Morgan fingerprint density at radius 1 is 1.50 bits per heavy atom. The molecule has 2 nitrogen and oxygen atoms in total. The van der Waals surface area contributed by atoms with Gasteiger partial charge in [-0.25, -0.2) is 4.79 Å². The molecule has 0 bridgehead atoms. The van der Waals surface area contributed by atoms with E-state index in [0.29, 0.717) is 10.6 Å². The van der Waals surface area contributed by atoms with Crippen LogP contribution in [0.5, 0.6) is 0 Å². The van der Waals surface area contributed by atoms with Gasteiger partial charge < -0.3 is 5.11 Å². The number of halogens is 2. The Balaban J connectivity index is 3.13. The van der Waals surface area contributed by atoms with Crippen molar-refractivity contribution in [2.75, 3.05) is 0 Å². The molecule has 0 aliphatic rings. The highest BCUT2D eigenvalue weighted by atomic mass is 35.5. The molecule has 1 N–H and O–H groups in total. The summed E-state index contributed by atoms with van der Waals surface area (Å²) in [6.45, 7) is 0. The summed E-state index contributed by atoms with van der Waals surface area (Å²) in [5, 5.41) is 9.10. The highest BCUT2D eigenvalue weighted by Crippen LogP contribution is 2.19. The van der Waals surface area contributed by atoms with Crippen molar-refractivity contribution < 1.29 is 9.90 Å². The summed E-state index contributed by atoms with van der Waals surface area (Å²) < 4.78 is 0. The average molecular weight is 205 g/mol. The van der Waals surface area contributed by atoms with Gasteiger partial charge in [-0.1, -0.05) is 11.6 Å². The molecule has 0 spiro atoms. The van der Waals surface area contributed by atoms with E-state index in [2.05, 4.69) is 0 Å². The van der Waals surface area contributed by atoms with Gasteiger partial charge in [0.25, 0.3) is 0 Å². The summed E-state index contributed by atoms with van der Waals surface area (Å²) in [6.07, 6.45) is 0. The maximum atomic E-state index is 10.5. The molecular formula is C8H6Cl2O2. The number of rotatable bonds is 2. The smallest absolute Gasteiger partial charge is 0.335 e. The standard InChI is InChI=1S/C8H6Cl2O2/c9-4-6-3-5(8(11)12)1-2-7(6)10/h1-3H,4H2,(H,11,12). The minimum Gasteiger partial charge on any atom is -0.478 e. The van der Waals surface area contributed by atoms with Crippen LogP contribution < -0.4 is 0 Å². The fraction of sp³-hybridized carbons (Fsp3) is 0.125. The lowest BCUT2D eigenvalue weighted by molar-refractivity contribution is 0.0697. The van der Waals surface area contributed by atoms with Crippen LogP contribution in [-0.2, 0) is 5.88 Å². The lowest BCUT2D eigenvalue weighted by Crippen LogP contribution is -1.96. The van der Waals surface area contributed by atoms with Crippen molar-refractivity contribution in [1.29, 1.82) is 0 Å². The molecule has 1 aromatic rings. The number of carboxylic acids is 1. The zero-order valence-electron chi connectivity index (χ0n) is 6.05. The van der Waals surface area contributed by atoms with E-state index in [-0.39, 0.29) is 11.4 Å². The molecule has 1 rings (SSSR count). The Bertz CT molecular complexity index is 310. The van der Waals surface area contributed by atoms with E-state index in [0.717, 1.165) is 0 Å². The number of hydrogen-bond acceptors (Lipinski definition) is 1. The quantitative estimate of drug-likeness (QED) is 0.753. The Hall–Kier alpha value is -0.730. The van der Waals surface area contributed by atoms with E-state index < -0.39 is 5.97 Å². The number of carboxylic acid groups (broad SMARTS) is 1. The molecule has 64 valence electrons. The third-order valence-electron chi connectivity index (χ3n) is 1.44. The normalized spacial score (nSPS) is 9.83. The molecule has 4 heteroatoms. The molecule has 0 saturated heterocycles. The van der Waals surface area contributed by atoms with E-state index in [1.807, 2.05) is 0 Å². The molecule has 0 heterocycles.